The number of rotatable bonds is 7. The summed E-state index contributed by atoms with van der Waals surface area (Å²) >= 11 is 0. The van der Waals surface area contributed by atoms with Crippen LogP contribution in [0.2, 0.25) is 0 Å². The molecule has 0 atom stereocenters. The molecule has 0 fully saturated rings. The fourth-order valence-electron chi connectivity index (χ4n) is 2.58. The summed E-state index contributed by atoms with van der Waals surface area (Å²) in [6, 6.07) is 17.8. The van der Waals surface area contributed by atoms with E-state index >= 15 is 0 Å². The summed E-state index contributed by atoms with van der Waals surface area (Å²) in [5.41, 5.74) is 4.54. The van der Waals surface area contributed by atoms with Crippen molar-refractivity contribution in [1.82, 2.24) is 4.98 Å². The summed E-state index contributed by atoms with van der Waals surface area (Å²) in [5, 5.41) is 3.21. The van der Waals surface area contributed by atoms with Gasteiger partial charge in [0.15, 0.2) is 0 Å². The monoisotopic (exact) mass is 334 g/mol. The number of ether oxygens (including phenoxy) is 2. The number of hydrogen-bond acceptors (Lipinski definition) is 4. The van der Waals surface area contributed by atoms with Gasteiger partial charge in [0.05, 0.1) is 0 Å². The first kappa shape index (κ1) is 16.8. The number of nitrogens with one attached hydrogen (secondary N) is 1. The van der Waals surface area contributed by atoms with Crippen molar-refractivity contribution < 1.29 is 9.47 Å². The Morgan fingerprint density at radius 3 is 2.28 bits per heavy atom. The minimum atomic E-state index is 0.508. The molecule has 0 spiro atoms. The minimum absolute atomic E-state index is 0.508. The number of aryl methyl sites for hydroxylation is 1. The van der Waals surface area contributed by atoms with Gasteiger partial charge in [-0.1, -0.05) is 18.2 Å². The van der Waals surface area contributed by atoms with E-state index in [-0.39, 0.29) is 0 Å². The molecule has 0 aliphatic rings. The molecule has 2 aromatic carbocycles. The molecule has 0 saturated heterocycles. The van der Waals surface area contributed by atoms with Gasteiger partial charge in [-0.25, -0.2) is 0 Å². The number of hydrogen-bond donors (Lipinski definition) is 1. The van der Waals surface area contributed by atoms with Gasteiger partial charge in [0.1, 0.15) is 24.7 Å². The van der Waals surface area contributed by atoms with E-state index in [2.05, 4.69) is 29.4 Å². The standard InChI is InChI=1S/C21H22N2O2/c1-16-5-3-8-21(22-2)20(16)15-25-19-7-4-6-18(13-19)24-14-17-9-11-23-12-10-17/h3-13,22H,14-15H2,1-2H3. The lowest BCUT2D eigenvalue weighted by Gasteiger charge is -2.14. The summed E-state index contributed by atoms with van der Waals surface area (Å²) in [7, 11) is 1.92. The van der Waals surface area contributed by atoms with Crippen LogP contribution >= 0.6 is 0 Å². The Balaban J connectivity index is 1.64. The SMILES string of the molecule is CNc1cccc(C)c1COc1cccc(OCc2ccncc2)c1. The van der Waals surface area contributed by atoms with Crippen LogP contribution in [0.15, 0.2) is 67.0 Å². The van der Waals surface area contributed by atoms with Gasteiger partial charge in [0.2, 0.25) is 0 Å². The quantitative estimate of drug-likeness (QED) is 0.686. The predicted octanol–water partition coefficient (Wildman–Crippen LogP) is 4.59. The van der Waals surface area contributed by atoms with E-state index in [0.29, 0.717) is 13.2 Å². The van der Waals surface area contributed by atoms with Crippen LogP contribution in [0.3, 0.4) is 0 Å². The molecule has 0 aliphatic carbocycles. The highest BCUT2D eigenvalue weighted by atomic mass is 16.5. The number of anilines is 1. The highest BCUT2D eigenvalue weighted by Crippen LogP contribution is 2.24. The Morgan fingerprint density at radius 2 is 1.56 bits per heavy atom. The van der Waals surface area contributed by atoms with E-state index in [1.165, 1.54) is 5.56 Å². The second kappa shape index (κ2) is 8.20. The second-order valence-electron chi connectivity index (χ2n) is 5.76. The Kier molecular flexibility index (Phi) is 5.52. The molecule has 4 nitrogen and oxygen atoms in total. The lowest BCUT2D eigenvalue weighted by molar-refractivity contribution is 0.290. The third kappa shape index (κ3) is 4.51. The molecular weight excluding hydrogens is 312 g/mol. The van der Waals surface area contributed by atoms with Gasteiger partial charge in [0.25, 0.3) is 0 Å². The average Bonchev–Trinajstić information content (AvgIpc) is 2.66. The van der Waals surface area contributed by atoms with Crippen molar-refractivity contribution >= 4 is 5.69 Å². The Hall–Kier alpha value is -3.01. The highest BCUT2D eigenvalue weighted by molar-refractivity contribution is 5.54. The molecule has 1 N–H and O–H groups in total. The van der Waals surface area contributed by atoms with Crippen LogP contribution in [0.1, 0.15) is 16.7 Å². The third-order valence-corrected chi connectivity index (χ3v) is 4.02. The number of pyridine rings is 1. The van der Waals surface area contributed by atoms with Gasteiger partial charge >= 0.3 is 0 Å². The maximum Gasteiger partial charge on any atom is 0.123 e. The van der Waals surface area contributed by atoms with Crippen molar-refractivity contribution in [2.24, 2.45) is 0 Å². The summed E-state index contributed by atoms with van der Waals surface area (Å²) in [4.78, 5) is 4.01. The molecule has 0 saturated carbocycles. The van der Waals surface area contributed by atoms with Crippen LogP contribution in [-0.2, 0) is 13.2 Å². The maximum atomic E-state index is 5.98. The molecule has 0 bridgehead atoms. The first-order valence-electron chi connectivity index (χ1n) is 8.27. The lowest BCUT2D eigenvalue weighted by atomic mass is 10.1. The van der Waals surface area contributed by atoms with E-state index < -0.39 is 0 Å². The smallest absolute Gasteiger partial charge is 0.123 e. The van der Waals surface area contributed by atoms with E-state index in [9.17, 15) is 0 Å². The highest BCUT2D eigenvalue weighted by Gasteiger charge is 2.06. The molecule has 128 valence electrons. The van der Waals surface area contributed by atoms with Gasteiger partial charge in [0, 0.05) is 36.8 Å². The first-order chi connectivity index (χ1) is 12.3. The molecule has 4 heteroatoms. The van der Waals surface area contributed by atoms with Crippen LogP contribution in [0, 0.1) is 6.92 Å². The van der Waals surface area contributed by atoms with Crippen LogP contribution in [0.25, 0.3) is 0 Å². The van der Waals surface area contributed by atoms with Crippen LogP contribution in [0.4, 0.5) is 5.69 Å². The van der Waals surface area contributed by atoms with Crippen LogP contribution in [-0.4, -0.2) is 12.0 Å². The normalized spacial score (nSPS) is 10.3. The summed E-state index contributed by atoms with van der Waals surface area (Å²) in [6.45, 7) is 3.11. The largest absolute Gasteiger partial charge is 0.489 e. The minimum Gasteiger partial charge on any atom is -0.489 e. The topological polar surface area (TPSA) is 43.4 Å². The Bertz CT molecular complexity index is 819. The summed E-state index contributed by atoms with van der Waals surface area (Å²) < 4.78 is 11.8. The van der Waals surface area contributed by atoms with E-state index in [1.54, 1.807) is 12.4 Å². The average molecular weight is 334 g/mol. The molecule has 25 heavy (non-hydrogen) atoms. The van der Waals surface area contributed by atoms with Crippen molar-refractivity contribution in [1.29, 1.82) is 0 Å². The Morgan fingerprint density at radius 1 is 0.880 bits per heavy atom. The maximum absolute atomic E-state index is 5.98. The van der Waals surface area contributed by atoms with Crippen LogP contribution in [0.5, 0.6) is 11.5 Å². The van der Waals surface area contributed by atoms with E-state index in [0.717, 1.165) is 28.3 Å². The fourth-order valence-corrected chi connectivity index (χ4v) is 2.58. The Labute approximate surface area is 148 Å². The van der Waals surface area contributed by atoms with Crippen molar-refractivity contribution in [3.63, 3.8) is 0 Å². The third-order valence-electron chi connectivity index (χ3n) is 4.02. The molecule has 0 aliphatic heterocycles. The van der Waals surface area contributed by atoms with Gasteiger partial charge in [-0.05, 0) is 48.4 Å². The lowest BCUT2D eigenvalue weighted by Crippen LogP contribution is -2.03. The number of benzene rings is 2. The zero-order valence-electron chi connectivity index (χ0n) is 14.5. The van der Waals surface area contributed by atoms with Gasteiger partial charge in [-0.3, -0.25) is 4.98 Å². The second-order valence-corrected chi connectivity index (χ2v) is 5.76. The molecule has 1 aromatic heterocycles. The van der Waals surface area contributed by atoms with E-state index in [1.807, 2.05) is 49.5 Å². The van der Waals surface area contributed by atoms with Gasteiger partial charge < -0.3 is 14.8 Å². The summed E-state index contributed by atoms with van der Waals surface area (Å²) in [6.07, 6.45) is 3.53. The van der Waals surface area contributed by atoms with Crippen molar-refractivity contribution in [2.75, 3.05) is 12.4 Å². The van der Waals surface area contributed by atoms with Crippen molar-refractivity contribution in [3.05, 3.63) is 83.7 Å². The molecule has 3 aromatic rings. The van der Waals surface area contributed by atoms with Crippen LogP contribution < -0.4 is 14.8 Å². The first-order valence-corrected chi connectivity index (χ1v) is 8.27. The zero-order valence-corrected chi connectivity index (χ0v) is 14.5. The summed E-state index contributed by atoms with van der Waals surface area (Å²) in [5.74, 6) is 1.57. The van der Waals surface area contributed by atoms with Crippen molar-refractivity contribution in [3.8, 4) is 11.5 Å². The predicted molar refractivity (Wildman–Crippen MR) is 100 cm³/mol. The van der Waals surface area contributed by atoms with E-state index in [4.69, 9.17) is 9.47 Å². The fraction of sp³-hybridized carbons (Fsp3) is 0.190. The molecular formula is C21H22N2O2. The van der Waals surface area contributed by atoms with Gasteiger partial charge in [-0.2, -0.15) is 0 Å². The zero-order chi connectivity index (χ0) is 17.5. The van der Waals surface area contributed by atoms with Gasteiger partial charge in [-0.15, -0.1) is 0 Å². The molecule has 1 heterocycles. The molecule has 3 rings (SSSR count). The molecule has 0 radical (unpaired) electrons. The number of nitrogens with zero attached hydrogens (tertiary/aromatic N) is 1. The number of aromatic nitrogens is 1. The molecule has 0 unspecified atom stereocenters. The molecule has 0 amide bonds. The van der Waals surface area contributed by atoms with Crippen molar-refractivity contribution in [2.45, 2.75) is 20.1 Å².